The van der Waals surface area contributed by atoms with Gasteiger partial charge in [-0.05, 0) is 24.6 Å². The van der Waals surface area contributed by atoms with Gasteiger partial charge in [0.2, 0.25) is 0 Å². The third-order valence-corrected chi connectivity index (χ3v) is 2.33. The Hall–Kier alpha value is -1.68. The zero-order chi connectivity index (χ0) is 11.2. The first-order chi connectivity index (χ1) is 7.90. The van der Waals surface area contributed by atoms with Crippen molar-refractivity contribution in [2.75, 3.05) is 6.54 Å². The highest BCUT2D eigenvalue weighted by atomic mass is 15.1. The second-order valence-electron chi connectivity index (χ2n) is 3.67. The van der Waals surface area contributed by atoms with E-state index < -0.39 is 0 Å². The number of imidazole rings is 1. The van der Waals surface area contributed by atoms with Crippen molar-refractivity contribution in [2.24, 2.45) is 0 Å². The minimum absolute atomic E-state index is 0.880. The van der Waals surface area contributed by atoms with Crippen LogP contribution >= 0.6 is 0 Å². The van der Waals surface area contributed by atoms with Gasteiger partial charge in [0.1, 0.15) is 12.1 Å². The lowest BCUT2D eigenvalue weighted by Gasteiger charge is -2.04. The van der Waals surface area contributed by atoms with Gasteiger partial charge in [0, 0.05) is 25.1 Å². The summed E-state index contributed by atoms with van der Waals surface area (Å²) in [6, 6.07) is 4.09. The first-order valence-corrected chi connectivity index (χ1v) is 5.54. The molecule has 84 valence electrons. The Labute approximate surface area is 95.4 Å². The molecule has 0 fully saturated rings. The molecule has 2 heterocycles. The molecule has 0 saturated carbocycles. The SMILES string of the molecule is CCCNCc1ccc(-n2ccnc2)nc1. The quantitative estimate of drug-likeness (QED) is 0.774. The molecule has 2 aromatic heterocycles. The Kier molecular flexibility index (Phi) is 3.66. The summed E-state index contributed by atoms with van der Waals surface area (Å²) < 4.78 is 1.89. The van der Waals surface area contributed by atoms with Crippen LogP contribution in [0.15, 0.2) is 37.1 Å². The second-order valence-corrected chi connectivity index (χ2v) is 3.67. The van der Waals surface area contributed by atoms with E-state index in [9.17, 15) is 0 Å². The monoisotopic (exact) mass is 216 g/mol. The van der Waals surface area contributed by atoms with Crippen LogP contribution in [0.4, 0.5) is 0 Å². The Morgan fingerprint density at radius 3 is 2.94 bits per heavy atom. The van der Waals surface area contributed by atoms with Gasteiger partial charge in [-0.25, -0.2) is 9.97 Å². The third kappa shape index (κ3) is 2.67. The molecule has 0 aliphatic carbocycles. The fourth-order valence-corrected chi connectivity index (χ4v) is 1.48. The average Bonchev–Trinajstić information content (AvgIpc) is 2.84. The van der Waals surface area contributed by atoms with Crippen molar-refractivity contribution >= 4 is 0 Å². The molecule has 0 radical (unpaired) electrons. The van der Waals surface area contributed by atoms with Gasteiger partial charge >= 0.3 is 0 Å². The van der Waals surface area contributed by atoms with Crippen molar-refractivity contribution in [3.8, 4) is 5.82 Å². The topological polar surface area (TPSA) is 42.7 Å². The molecule has 2 rings (SSSR count). The van der Waals surface area contributed by atoms with Crippen LogP contribution < -0.4 is 5.32 Å². The normalized spacial score (nSPS) is 10.6. The number of nitrogens with one attached hydrogen (secondary N) is 1. The molecule has 1 N–H and O–H groups in total. The highest BCUT2D eigenvalue weighted by Crippen LogP contribution is 2.04. The molecule has 0 aromatic carbocycles. The lowest BCUT2D eigenvalue weighted by molar-refractivity contribution is 0.673. The van der Waals surface area contributed by atoms with Crippen molar-refractivity contribution in [1.29, 1.82) is 0 Å². The van der Waals surface area contributed by atoms with E-state index in [-0.39, 0.29) is 0 Å². The van der Waals surface area contributed by atoms with Crippen LogP contribution in [0.2, 0.25) is 0 Å². The smallest absolute Gasteiger partial charge is 0.137 e. The average molecular weight is 216 g/mol. The summed E-state index contributed by atoms with van der Waals surface area (Å²) in [6.45, 7) is 4.09. The molecule has 0 unspecified atom stereocenters. The summed E-state index contributed by atoms with van der Waals surface area (Å²) in [5.41, 5.74) is 1.21. The van der Waals surface area contributed by atoms with E-state index in [0.717, 1.165) is 25.3 Å². The summed E-state index contributed by atoms with van der Waals surface area (Å²) in [7, 11) is 0. The first kappa shape index (κ1) is 10.8. The van der Waals surface area contributed by atoms with Crippen LogP contribution in [-0.2, 0) is 6.54 Å². The molecule has 16 heavy (non-hydrogen) atoms. The molecule has 0 amide bonds. The Morgan fingerprint density at radius 2 is 2.31 bits per heavy atom. The molecular formula is C12H16N4. The van der Waals surface area contributed by atoms with Gasteiger partial charge in [-0.1, -0.05) is 13.0 Å². The van der Waals surface area contributed by atoms with E-state index in [2.05, 4.69) is 28.3 Å². The number of nitrogens with zero attached hydrogens (tertiary/aromatic N) is 3. The summed E-state index contributed by atoms with van der Waals surface area (Å²) >= 11 is 0. The number of pyridine rings is 1. The molecule has 4 nitrogen and oxygen atoms in total. The second kappa shape index (κ2) is 5.42. The van der Waals surface area contributed by atoms with Gasteiger partial charge in [-0.3, -0.25) is 4.57 Å². The standard InChI is InChI=1S/C12H16N4/c1-2-5-13-8-11-3-4-12(15-9-11)16-7-6-14-10-16/h3-4,6-7,9-10,13H,2,5,8H2,1H3. The van der Waals surface area contributed by atoms with Gasteiger partial charge in [-0.2, -0.15) is 0 Å². The maximum atomic E-state index is 4.38. The summed E-state index contributed by atoms with van der Waals surface area (Å²) in [4.78, 5) is 8.38. The molecule has 0 spiro atoms. The van der Waals surface area contributed by atoms with Crippen molar-refractivity contribution in [1.82, 2.24) is 19.9 Å². The largest absolute Gasteiger partial charge is 0.313 e. The zero-order valence-corrected chi connectivity index (χ0v) is 9.43. The van der Waals surface area contributed by atoms with E-state index in [1.54, 1.807) is 12.5 Å². The Bertz CT molecular complexity index is 405. The predicted molar refractivity (Wildman–Crippen MR) is 63.4 cm³/mol. The maximum absolute atomic E-state index is 4.38. The summed E-state index contributed by atoms with van der Waals surface area (Å²) in [5.74, 6) is 0.900. The van der Waals surface area contributed by atoms with Crippen molar-refractivity contribution in [3.05, 3.63) is 42.6 Å². The van der Waals surface area contributed by atoms with Gasteiger partial charge in [-0.15, -0.1) is 0 Å². The van der Waals surface area contributed by atoms with E-state index in [4.69, 9.17) is 0 Å². The van der Waals surface area contributed by atoms with Crippen molar-refractivity contribution < 1.29 is 0 Å². The fraction of sp³-hybridized carbons (Fsp3) is 0.333. The number of hydrogen-bond acceptors (Lipinski definition) is 3. The van der Waals surface area contributed by atoms with Gasteiger partial charge in [0.25, 0.3) is 0 Å². The lowest BCUT2D eigenvalue weighted by Crippen LogP contribution is -2.13. The molecule has 0 saturated heterocycles. The number of aromatic nitrogens is 3. The summed E-state index contributed by atoms with van der Waals surface area (Å²) in [6.07, 6.45) is 8.44. The highest BCUT2D eigenvalue weighted by molar-refractivity contribution is 5.25. The van der Waals surface area contributed by atoms with Crippen LogP contribution in [0, 0.1) is 0 Å². The summed E-state index contributed by atoms with van der Waals surface area (Å²) in [5, 5.41) is 3.35. The van der Waals surface area contributed by atoms with Gasteiger partial charge in [0.05, 0.1) is 0 Å². The number of rotatable bonds is 5. The van der Waals surface area contributed by atoms with Gasteiger partial charge in [0.15, 0.2) is 0 Å². The molecule has 0 aliphatic rings. The van der Waals surface area contributed by atoms with Crippen LogP contribution in [0.3, 0.4) is 0 Å². The van der Waals surface area contributed by atoms with Gasteiger partial charge < -0.3 is 5.32 Å². The Balaban J connectivity index is 2.00. The van der Waals surface area contributed by atoms with Crippen molar-refractivity contribution in [3.63, 3.8) is 0 Å². The highest BCUT2D eigenvalue weighted by Gasteiger charge is 1.97. The zero-order valence-electron chi connectivity index (χ0n) is 9.43. The molecule has 2 aromatic rings. The number of hydrogen-bond donors (Lipinski definition) is 1. The van der Waals surface area contributed by atoms with E-state index in [1.807, 2.05) is 23.0 Å². The van der Waals surface area contributed by atoms with E-state index in [1.165, 1.54) is 5.56 Å². The Morgan fingerprint density at radius 1 is 1.38 bits per heavy atom. The minimum Gasteiger partial charge on any atom is -0.313 e. The van der Waals surface area contributed by atoms with E-state index >= 15 is 0 Å². The fourth-order valence-electron chi connectivity index (χ4n) is 1.48. The minimum atomic E-state index is 0.880. The van der Waals surface area contributed by atoms with Crippen LogP contribution in [0.1, 0.15) is 18.9 Å². The first-order valence-electron chi connectivity index (χ1n) is 5.54. The maximum Gasteiger partial charge on any atom is 0.137 e. The predicted octanol–water partition coefficient (Wildman–Crippen LogP) is 1.77. The molecule has 4 heteroatoms. The van der Waals surface area contributed by atoms with Crippen LogP contribution in [0.5, 0.6) is 0 Å². The van der Waals surface area contributed by atoms with Crippen LogP contribution in [0.25, 0.3) is 5.82 Å². The van der Waals surface area contributed by atoms with E-state index in [0.29, 0.717) is 0 Å². The lowest BCUT2D eigenvalue weighted by atomic mass is 10.3. The molecular weight excluding hydrogens is 200 g/mol. The molecule has 0 bridgehead atoms. The third-order valence-electron chi connectivity index (χ3n) is 2.33. The van der Waals surface area contributed by atoms with Crippen LogP contribution in [-0.4, -0.2) is 21.1 Å². The van der Waals surface area contributed by atoms with Crippen molar-refractivity contribution in [2.45, 2.75) is 19.9 Å². The molecule has 0 atom stereocenters. The molecule has 0 aliphatic heterocycles.